The van der Waals surface area contributed by atoms with Gasteiger partial charge in [0.2, 0.25) is 9.84 Å². The zero-order valence-electron chi connectivity index (χ0n) is 56.3. The first-order valence-corrected chi connectivity index (χ1v) is 38.6. The fourth-order valence-corrected chi connectivity index (χ4v) is 21.8. The van der Waals surface area contributed by atoms with Crippen molar-refractivity contribution >= 4 is 160 Å². The van der Waals surface area contributed by atoms with Crippen molar-refractivity contribution in [2.45, 2.75) is 9.79 Å². The van der Waals surface area contributed by atoms with Crippen LogP contribution in [0.4, 0.5) is 0 Å². The van der Waals surface area contributed by atoms with Crippen molar-refractivity contribution in [3.8, 4) is 67.3 Å². The summed E-state index contributed by atoms with van der Waals surface area (Å²) in [4.78, 5) is 0.550. The van der Waals surface area contributed by atoms with E-state index in [4.69, 9.17) is 0 Å². The summed E-state index contributed by atoms with van der Waals surface area (Å²) in [5.41, 5.74) is 19.9. The van der Waals surface area contributed by atoms with Crippen LogP contribution in [0.2, 0.25) is 0 Å². The third kappa shape index (κ3) is 9.03. The van der Waals surface area contributed by atoms with E-state index < -0.39 is 9.84 Å². The topological polar surface area (TPSA) is 53.9 Å². The third-order valence-corrected chi connectivity index (χ3v) is 25.9. The summed E-state index contributed by atoms with van der Waals surface area (Å²) >= 11 is 3.29. The molecule has 0 atom stereocenters. The zero-order valence-corrected chi connectivity index (χ0v) is 58.8. The highest BCUT2D eigenvalue weighted by Crippen LogP contribution is 2.52. The van der Waals surface area contributed by atoms with Crippen molar-refractivity contribution in [1.29, 1.82) is 0 Å². The lowest BCUT2D eigenvalue weighted by Crippen LogP contribution is -2.08. The molecule has 105 heavy (non-hydrogen) atoms. The Bertz CT molecular complexity index is 6930. The highest BCUT2D eigenvalue weighted by atomic mass is 32.2. The number of rotatable bonds is 10. The summed E-state index contributed by atoms with van der Waals surface area (Å²) in [5, 5.41) is 12.6. The van der Waals surface area contributed by atoms with E-state index in [9.17, 15) is 0 Å². The maximum atomic E-state index is 18.1. The van der Waals surface area contributed by atoms with E-state index in [1.165, 1.54) is 21.5 Å². The summed E-state index contributed by atoms with van der Waals surface area (Å²) in [6, 6.07) is 125. The summed E-state index contributed by atoms with van der Waals surface area (Å²) < 4.78 is 49.3. The molecule has 0 saturated heterocycles. The van der Waals surface area contributed by atoms with E-state index in [-0.39, 0.29) is 9.79 Å². The number of benzene rings is 16. The molecule has 0 aliphatic heterocycles. The molecule has 0 radical (unpaired) electrons. The standard InChI is InChI=1S/C96H58N4O2S3/c101-105(102,95-69(63-23-19-27-67(55-63)99-85-41-13-5-33-75(85)76-34-6-14-42-86(76)99)49-51-89-93(95)79-47-45-61(57-91(79)103-89)59-21-17-25-65(53-59)97-81-37-9-1-29-71(81)72-30-2-10-38-82(72)97)96-70(64-24-20-28-68(56-64)100-87-43-15-7-35-77(87)78-36-8-16-44-88(78)100)50-52-90-94(96)80-48-46-62(58-92(80)104-90)60-22-18-26-66(54-60)98-83-39-11-3-31-73(83)74-32-4-12-40-84(74)98/h1-58H. The number of hydrogen-bond donors (Lipinski definition) is 0. The lowest BCUT2D eigenvalue weighted by Gasteiger charge is -2.19. The van der Waals surface area contributed by atoms with Crippen molar-refractivity contribution in [2.24, 2.45) is 0 Å². The second kappa shape index (κ2) is 23.1. The van der Waals surface area contributed by atoms with Gasteiger partial charge in [-0.2, -0.15) is 0 Å². The Morgan fingerprint density at radius 2 is 0.448 bits per heavy atom. The van der Waals surface area contributed by atoms with Crippen molar-refractivity contribution < 1.29 is 8.42 Å². The maximum absolute atomic E-state index is 18.1. The average molecular weight is 1400 g/mol. The summed E-state index contributed by atoms with van der Waals surface area (Å²) in [5.74, 6) is 0. The van der Waals surface area contributed by atoms with Gasteiger partial charge in [-0.25, -0.2) is 8.42 Å². The molecule has 6 heterocycles. The molecule has 0 spiro atoms. The van der Waals surface area contributed by atoms with Gasteiger partial charge < -0.3 is 18.3 Å². The normalized spacial score (nSPS) is 12.3. The fraction of sp³-hybridized carbons (Fsp3) is 0. The molecule has 0 N–H and O–H groups in total. The highest BCUT2D eigenvalue weighted by Gasteiger charge is 2.34. The number of fused-ring (bicyclic) bond motifs is 18. The van der Waals surface area contributed by atoms with Gasteiger partial charge >= 0.3 is 0 Å². The highest BCUT2D eigenvalue weighted by molar-refractivity contribution is 7.92. The van der Waals surface area contributed by atoms with Crippen LogP contribution in [0.15, 0.2) is 362 Å². The summed E-state index contributed by atoms with van der Waals surface area (Å²) in [6.45, 7) is 0. The molecule has 6 aromatic heterocycles. The fourth-order valence-electron chi connectivity index (χ4n) is 17.2. The number of para-hydroxylation sites is 8. The van der Waals surface area contributed by atoms with Crippen LogP contribution in [0.1, 0.15) is 0 Å². The van der Waals surface area contributed by atoms with Gasteiger partial charge in [0, 0.05) is 117 Å². The van der Waals surface area contributed by atoms with Crippen LogP contribution in [0.25, 0.3) is 195 Å². The monoisotopic (exact) mass is 1390 g/mol. The molecule has 0 amide bonds. The Labute approximate surface area is 611 Å². The van der Waals surface area contributed by atoms with Crippen molar-refractivity contribution in [2.75, 3.05) is 0 Å². The molecule has 16 aromatic carbocycles. The second-order valence-electron chi connectivity index (χ2n) is 27.4. The van der Waals surface area contributed by atoms with Gasteiger partial charge in [-0.05, 0) is 155 Å². The van der Waals surface area contributed by atoms with E-state index >= 15 is 8.42 Å². The molecule has 0 bridgehead atoms. The molecule has 0 unspecified atom stereocenters. The van der Waals surface area contributed by atoms with Gasteiger partial charge in [0.05, 0.1) is 53.9 Å². The first-order chi connectivity index (χ1) is 51.8. The van der Waals surface area contributed by atoms with Gasteiger partial charge in [0.1, 0.15) is 0 Å². The molecule has 0 fully saturated rings. The first kappa shape index (κ1) is 59.8. The summed E-state index contributed by atoms with van der Waals surface area (Å²) in [7, 11) is -4.61. The predicted molar refractivity (Wildman–Crippen MR) is 443 cm³/mol. The molecular weight excluding hydrogens is 1340 g/mol. The van der Waals surface area contributed by atoms with Crippen molar-refractivity contribution in [3.05, 3.63) is 352 Å². The molecule has 6 nitrogen and oxygen atoms in total. The number of hydrogen-bond acceptors (Lipinski definition) is 4. The quantitative estimate of drug-likeness (QED) is 0.137. The Balaban J connectivity index is 0.782. The molecule has 0 aliphatic rings. The molecule has 22 rings (SSSR count). The third-order valence-electron chi connectivity index (χ3n) is 21.7. The lowest BCUT2D eigenvalue weighted by atomic mass is 9.99. The maximum Gasteiger partial charge on any atom is 0.209 e. The van der Waals surface area contributed by atoms with Crippen LogP contribution in [-0.2, 0) is 9.84 Å². The van der Waals surface area contributed by atoms with E-state index in [2.05, 4.69) is 370 Å². The van der Waals surface area contributed by atoms with Crippen LogP contribution in [-0.4, -0.2) is 26.7 Å². The van der Waals surface area contributed by atoms with Crippen LogP contribution in [0.5, 0.6) is 0 Å². The second-order valence-corrected chi connectivity index (χ2v) is 31.4. The van der Waals surface area contributed by atoms with Crippen molar-refractivity contribution in [3.63, 3.8) is 0 Å². The predicted octanol–water partition coefficient (Wildman–Crippen LogP) is 26.3. The molecule has 22 aromatic rings. The van der Waals surface area contributed by atoms with Crippen LogP contribution < -0.4 is 0 Å². The zero-order chi connectivity index (χ0) is 69.2. The number of thiophene rings is 2. The Morgan fingerprint density at radius 1 is 0.200 bits per heavy atom. The van der Waals surface area contributed by atoms with Crippen LogP contribution in [0, 0.1) is 0 Å². The van der Waals surface area contributed by atoms with E-state index in [0.717, 1.165) is 151 Å². The lowest BCUT2D eigenvalue weighted by molar-refractivity contribution is 0.598. The van der Waals surface area contributed by atoms with Gasteiger partial charge in [-0.1, -0.05) is 231 Å². The molecule has 492 valence electrons. The van der Waals surface area contributed by atoms with E-state index in [1.54, 1.807) is 22.7 Å². The Morgan fingerprint density at radius 3 is 0.733 bits per heavy atom. The Kier molecular flexibility index (Phi) is 13.1. The SMILES string of the molecule is O=S(=O)(c1c(-c2cccc(-n3c4ccccc4c4ccccc43)c2)ccc2sc3cc(-c4cccc(-n5c6ccccc6c6ccccc65)c4)ccc3c12)c1c(-c2cccc(-n3c4ccccc4c4ccccc43)c2)ccc2sc3cc(-c4cccc(-n5c6ccccc6c6ccccc65)c4)ccc3c12. The van der Waals surface area contributed by atoms with Gasteiger partial charge in [-0.15, -0.1) is 22.7 Å². The van der Waals surface area contributed by atoms with E-state index in [1.807, 2.05) is 0 Å². The molecular formula is C96H58N4O2S3. The largest absolute Gasteiger partial charge is 0.309 e. The molecule has 9 heteroatoms. The molecule has 0 aliphatic carbocycles. The minimum atomic E-state index is -4.61. The average Bonchev–Trinajstić information content (AvgIpc) is 1.67. The smallest absolute Gasteiger partial charge is 0.209 e. The van der Waals surface area contributed by atoms with Crippen molar-refractivity contribution in [1.82, 2.24) is 18.3 Å². The molecule has 0 saturated carbocycles. The van der Waals surface area contributed by atoms with Gasteiger partial charge in [-0.3, -0.25) is 0 Å². The summed E-state index contributed by atoms with van der Waals surface area (Å²) in [6.07, 6.45) is 0. The van der Waals surface area contributed by atoms with Gasteiger partial charge in [0.25, 0.3) is 0 Å². The minimum Gasteiger partial charge on any atom is -0.309 e. The number of aromatic nitrogens is 4. The van der Waals surface area contributed by atoms with Crippen LogP contribution >= 0.6 is 22.7 Å². The Hall–Kier alpha value is -12.9. The minimum absolute atomic E-state index is 0.275. The van der Waals surface area contributed by atoms with E-state index in [0.29, 0.717) is 21.9 Å². The van der Waals surface area contributed by atoms with Gasteiger partial charge in [0.15, 0.2) is 0 Å². The number of sulfone groups is 1. The van der Waals surface area contributed by atoms with Crippen LogP contribution in [0.3, 0.4) is 0 Å². The first-order valence-electron chi connectivity index (χ1n) is 35.4. The number of nitrogens with zero attached hydrogens (tertiary/aromatic N) is 4.